The molecule has 0 aliphatic heterocycles. The number of nitrogens with two attached hydrogens (primary N) is 1. The van der Waals surface area contributed by atoms with Crippen molar-refractivity contribution in [2.75, 3.05) is 6.67 Å². The van der Waals surface area contributed by atoms with Crippen LogP contribution in [0.1, 0.15) is 6.42 Å². The second-order valence-electron chi connectivity index (χ2n) is 2.74. The van der Waals surface area contributed by atoms with Gasteiger partial charge in [0.15, 0.2) is 5.15 Å². The summed E-state index contributed by atoms with van der Waals surface area (Å²) in [5, 5.41) is 4.12. The minimum atomic E-state index is -0.468. The van der Waals surface area contributed by atoms with E-state index in [1.807, 2.05) is 0 Å². The largest absolute Gasteiger partial charge is 0.368 e. The van der Waals surface area contributed by atoms with Crippen molar-refractivity contribution in [2.45, 2.75) is 6.42 Å². The summed E-state index contributed by atoms with van der Waals surface area (Å²) in [6.07, 6.45) is 3.19. The monoisotopic (exact) mass is 231 g/mol. The first-order valence-electron chi connectivity index (χ1n) is 4.25. The van der Waals surface area contributed by atoms with Gasteiger partial charge in [-0.2, -0.15) is 5.10 Å². The number of rotatable bonds is 3. The van der Waals surface area contributed by atoms with E-state index in [4.69, 9.17) is 17.3 Å². The number of hydrogen-bond donors (Lipinski definition) is 1. The van der Waals surface area contributed by atoms with Crippen molar-refractivity contribution in [1.82, 2.24) is 9.78 Å². The van der Waals surface area contributed by atoms with Gasteiger partial charge in [-0.15, -0.1) is 0 Å². The minimum absolute atomic E-state index is 0.0263. The van der Waals surface area contributed by atoms with E-state index in [1.165, 1.54) is 10.9 Å². The van der Waals surface area contributed by atoms with E-state index in [9.17, 15) is 4.39 Å². The third-order valence-electron chi connectivity index (χ3n) is 1.46. The van der Waals surface area contributed by atoms with E-state index >= 15 is 0 Å². The van der Waals surface area contributed by atoms with Crippen LogP contribution in [0.2, 0.25) is 5.15 Å². The van der Waals surface area contributed by atoms with E-state index in [2.05, 4.69) is 15.1 Å². The highest BCUT2D eigenvalue weighted by molar-refractivity contribution is 6.31. The van der Waals surface area contributed by atoms with Gasteiger partial charge in [-0.25, -0.2) is 9.98 Å². The van der Waals surface area contributed by atoms with E-state index in [0.29, 0.717) is 5.69 Å². The quantitative estimate of drug-likeness (QED) is 0.632. The zero-order valence-corrected chi connectivity index (χ0v) is 8.95. The number of guanidine groups is 1. The Kier molecular flexibility index (Phi) is 4.23. The fraction of sp³-hybridized carbons (Fsp3) is 0.375. The molecule has 0 bridgehead atoms. The molecule has 0 atom stereocenters. The van der Waals surface area contributed by atoms with Crippen LogP contribution in [0.3, 0.4) is 0 Å². The Labute approximate surface area is 91.5 Å². The number of aliphatic imine (C=N–C) groups is 2. The highest BCUT2D eigenvalue weighted by Crippen LogP contribution is 2.21. The van der Waals surface area contributed by atoms with Gasteiger partial charge in [0.05, 0.1) is 12.9 Å². The number of hydrogen-bond acceptors (Lipinski definition) is 2. The molecule has 5 nitrogen and oxygen atoms in total. The molecule has 0 amide bonds. The lowest BCUT2D eigenvalue weighted by molar-refractivity contribution is 0.511. The number of alkyl halides is 1. The maximum absolute atomic E-state index is 11.7. The fourth-order valence-corrected chi connectivity index (χ4v) is 1.09. The average molecular weight is 232 g/mol. The van der Waals surface area contributed by atoms with E-state index in [0.717, 1.165) is 0 Å². The van der Waals surface area contributed by atoms with E-state index in [1.54, 1.807) is 13.2 Å². The fourth-order valence-electron chi connectivity index (χ4n) is 0.883. The molecule has 15 heavy (non-hydrogen) atoms. The molecule has 0 aromatic carbocycles. The summed E-state index contributed by atoms with van der Waals surface area (Å²) in [6.45, 7) is -0.468. The summed E-state index contributed by atoms with van der Waals surface area (Å²) < 4.78 is 13.2. The lowest BCUT2D eigenvalue weighted by Gasteiger charge is -1.90. The SMILES string of the molecule is Cn1cc(N=C(N)N=CCCF)c(Cl)n1. The number of aryl methyl sites for hydroxylation is 1. The summed E-state index contributed by atoms with van der Waals surface area (Å²) in [6, 6.07) is 0. The lowest BCUT2D eigenvalue weighted by atomic mass is 10.5. The van der Waals surface area contributed by atoms with Crippen molar-refractivity contribution in [3.63, 3.8) is 0 Å². The van der Waals surface area contributed by atoms with Gasteiger partial charge in [0, 0.05) is 19.7 Å². The maximum Gasteiger partial charge on any atom is 0.220 e. The molecule has 2 N–H and O–H groups in total. The summed E-state index contributed by atoms with van der Waals surface area (Å²) in [7, 11) is 1.72. The number of halogens is 2. The average Bonchev–Trinajstić information content (AvgIpc) is 2.45. The van der Waals surface area contributed by atoms with E-state index < -0.39 is 6.67 Å². The predicted molar refractivity (Wildman–Crippen MR) is 58.6 cm³/mol. The molecular weight excluding hydrogens is 221 g/mol. The van der Waals surface area contributed by atoms with Crippen LogP contribution in [-0.2, 0) is 7.05 Å². The Morgan fingerprint density at radius 2 is 2.53 bits per heavy atom. The van der Waals surface area contributed by atoms with Crippen molar-refractivity contribution in [3.05, 3.63) is 11.3 Å². The first kappa shape index (κ1) is 11.6. The maximum atomic E-state index is 11.7. The zero-order chi connectivity index (χ0) is 11.3. The Morgan fingerprint density at radius 1 is 1.80 bits per heavy atom. The van der Waals surface area contributed by atoms with Crippen molar-refractivity contribution in [3.8, 4) is 0 Å². The Hall–Kier alpha value is -1.43. The Morgan fingerprint density at radius 3 is 3.07 bits per heavy atom. The van der Waals surface area contributed by atoms with Gasteiger partial charge in [-0.05, 0) is 0 Å². The summed E-state index contributed by atoms with van der Waals surface area (Å²) in [5.41, 5.74) is 5.90. The van der Waals surface area contributed by atoms with Gasteiger partial charge in [-0.3, -0.25) is 9.07 Å². The van der Waals surface area contributed by atoms with Crippen LogP contribution in [0, 0.1) is 0 Å². The van der Waals surface area contributed by atoms with Crippen molar-refractivity contribution < 1.29 is 4.39 Å². The topological polar surface area (TPSA) is 68.6 Å². The molecule has 0 radical (unpaired) electrons. The van der Waals surface area contributed by atoms with Crippen LogP contribution < -0.4 is 5.73 Å². The molecule has 1 aromatic heterocycles. The Bertz CT molecular complexity index is 384. The molecule has 0 aliphatic rings. The first-order valence-corrected chi connectivity index (χ1v) is 4.63. The molecule has 0 saturated carbocycles. The van der Waals surface area contributed by atoms with Crippen molar-refractivity contribution in [1.29, 1.82) is 0 Å². The highest BCUT2D eigenvalue weighted by Gasteiger charge is 2.03. The lowest BCUT2D eigenvalue weighted by Crippen LogP contribution is -2.07. The smallest absolute Gasteiger partial charge is 0.220 e. The third kappa shape index (κ3) is 3.67. The van der Waals surface area contributed by atoms with Crippen LogP contribution >= 0.6 is 11.6 Å². The number of nitrogens with zero attached hydrogens (tertiary/aromatic N) is 4. The molecule has 0 aliphatic carbocycles. The molecule has 0 spiro atoms. The van der Waals surface area contributed by atoms with Gasteiger partial charge >= 0.3 is 0 Å². The second-order valence-corrected chi connectivity index (χ2v) is 3.10. The molecule has 7 heteroatoms. The van der Waals surface area contributed by atoms with Crippen molar-refractivity contribution >= 4 is 29.5 Å². The van der Waals surface area contributed by atoms with Gasteiger partial charge in [-0.1, -0.05) is 11.6 Å². The first-order chi connectivity index (χ1) is 7.13. The highest BCUT2D eigenvalue weighted by atomic mass is 35.5. The van der Waals surface area contributed by atoms with Gasteiger partial charge < -0.3 is 5.73 Å². The van der Waals surface area contributed by atoms with Crippen LogP contribution in [0.4, 0.5) is 10.1 Å². The predicted octanol–water partition coefficient (Wildman–Crippen LogP) is 1.45. The molecule has 1 rings (SSSR count). The molecule has 82 valence electrons. The Balaban J connectivity index is 2.74. The molecule has 0 unspecified atom stereocenters. The van der Waals surface area contributed by atoms with Gasteiger partial charge in [0.1, 0.15) is 5.69 Å². The molecule has 0 fully saturated rings. The van der Waals surface area contributed by atoms with E-state index in [-0.39, 0.29) is 17.5 Å². The second kappa shape index (κ2) is 5.45. The molecule has 1 aromatic rings. The zero-order valence-electron chi connectivity index (χ0n) is 8.19. The summed E-state index contributed by atoms with van der Waals surface area (Å²) in [5.74, 6) is 0.0263. The third-order valence-corrected chi connectivity index (χ3v) is 1.73. The van der Waals surface area contributed by atoms with Crippen LogP contribution in [0.5, 0.6) is 0 Å². The number of aromatic nitrogens is 2. The standard InChI is InChI=1S/C8H11ClFN5/c1-15-5-6(7(9)14-15)13-8(11)12-4-2-3-10/h4-5H,2-3H2,1H3,(H2,11,13). The summed E-state index contributed by atoms with van der Waals surface area (Å²) >= 11 is 5.74. The van der Waals surface area contributed by atoms with Crippen LogP contribution in [0.25, 0.3) is 0 Å². The minimum Gasteiger partial charge on any atom is -0.368 e. The van der Waals surface area contributed by atoms with Crippen LogP contribution in [0.15, 0.2) is 16.2 Å². The van der Waals surface area contributed by atoms with Crippen molar-refractivity contribution in [2.24, 2.45) is 22.8 Å². The summed E-state index contributed by atoms with van der Waals surface area (Å²) in [4.78, 5) is 7.64. The molecule has 1 heterocycles. The van der Waals surface area contributed by atoms with Gasteiger partial charge in [0.2, 0.25) is 5.96 Å². The normalized spacial score (nSPS) is 12.6. The van der Waals surface area contributed by atoms with Gasteiger partial charge in [0.25, 0.3) is 0 Å². The molecule has 0 saturated heterocycles. The van der Waals surface area contributed by atoms with Crippen LogP contribution in [-0.4, -0.2) is 28.6 Å². The molecular formula is C8H11ClFN5.